The summed E-state index contributed by atoms with van der Waals surface area (Å²) in [6.45, 7) is 5.35. The Hall–Kier alpha value is 0.0197. The monoisotopic (exact) mass is 933 g/mol. The van der Waals surface area contributed by atoms with Gasteiger partial charge in [0.25, 0.3) is 10.1 Å². The van der Waals surface area contributed by atoms with Gasteiger partial charge in [-0.2, -0.15) is 8.42 Å². The summed E-state index contributed by atoms with van der Waals surface area (Å²) in [5.41, 5.74) is 0. The van der Waals surface area contributed by atoms with Crippen LogP contribution in [0.25, 0.3) is 0 Å². The van der Waals surface area contributed by atoms with E-state index >= 15 is 0 Å². The van der Waals surface area contributed by atoms with E-state index in [1.807, 2.05) is 0 Å². The van der Waals surface area contributed by atoms with Crippen LogP contribution < -0.4 is 10.4 Å². The molecule has 0 saturated carbocycles. The van der Waals surface area contributed by atoms with Crippen LogP contribution >= 0.6 is 0 Å². The van der Waals surface area contributed by atoms with Gasteiger partial charge in [-0.15, -0.1) is 0 Å². The van der Waals surface area contributed by atoms with Gasteiger partial charge in [0.1, 0.15) is 0 Å². The van der Waals surface area contributed by atoms with Crippen LogP contribution in [0.1, 0.15) is 271 Å². The summed E-state index contributed by atoms with van der Waals surface area (Å²) in [5, 5.41) is 14.4. The van der Waals surface area contributed by atoms with Gasteiger partial charge in [0.15, 0.2) is 0 Å². The molecule has 0 unspecified atom stereocenters. The van der Waals surface area contributed by atoms with Crippen LogP contribution in [0.4, 0.5) is 0 Å². The minimum atomic E-state index is -4.14. The topological polar surface area (TPSA) is 176 Å². The largest absolute Gasteiger partial charge is 2.00 e. The molecule has 0 radical (unpaired) electrons. The zero-order valence-corrected chi connectivity index (χ0v) is 43.7. The van der Waals surface area contributed by atoms with E-state index < -0.39 is 20.2 Å². The average Bonchev–Trinajstić information content (AvgIpc) is 3.19. The maximum absolute atomic E-state index is 11.7. The molecule has 0 aliphatic carbocycles. The molecule has 360 valence electrons. The zero-order valence-electron chi connectivity index (χ0n) is 39.9. The Balaban J connectivity index is -0.00000109. The van der Waals surface area contributed by atoms with Gasteiger partial charge in [0.05, 0.1) is 15.9 Å². The predicted molar refractivity (Wildman–Crippen MR) is 258 cm³/mol. The summed E-state index contributed by atoms with van der Waals surface area (Å²) in [6.07, 6.45) is 47.8. The van der Waals surface area contributed by atoms with Crippen molar-refractivity contribution in [2.24, 2.45) is 4.99 Å². The van der Waals surface area contributed by atoms with Crippen LogP contribution in [-0.4, -0.2) is 100 Å². The number of amides is 1. The van der Waals surface area contributed by atoms with Crippen molar-refractivity contribution in [3.63, 3.8) is 0 Å². The minimum Gasteiger partial charge on any atom is -0.862 e. The van der Waals surface area contributed by atoms with Gasteiger partial charge < -0.3 is 20.0 Å². The number of aliphatic imine (C=N–C) groups is 1. The molecule has 0 aromatic heterocycles. The number of nitrogens with zero attached hydrogens (tertiary/aromatic N) is 1. The third kappa shape index (κ3) is 64.4. The second kappa shape index (κ2) is 51.0. The molecule has 61 heavy (non-hydrogen) atoms. The van der Waals surface area contributed by atoms with Gasteiger partial charge in [-0.3, -0.25) is 9.35 Å². The van der Waals surface area contributed by atoms with Gasteiger partial charge in [0.2, 0.25) is 5.91 Å². The van der Waals surface area contributed by atoms with E-state index in [2.05, 4.69) is 24.2 Å². The quantitative estimate of drug-likeness (QED) is 0.0199. The fourth-order valence-electron chi connectivity index (χ4n) is 7.41. The maximum atomic E-state index is 11.7. The van der Waals surface area contributed by atoms with Gasteiger partial charge in [-0.25, -0.2) is 8.42 Å². The molecule has 0 spiro atoms. The van der Waals surface area contributed by atoms with E-state index in [1.54, 1.807) is 0 Å². The number of hydrogen-bond donors (Lipinski definition) is 2. The molecule has 13 heteroatoms. The van der Waals surface area contributed by atoms with E-state index in [0.717, 1.165) is 25.7 Å². The third-order valence-electron chi connectivity index (χ3n) is 11.2. The normalized spacial score (nSPS) is 11.9. The second-order valence-corrected chi connectivity index (χ2v) is 20.5. The van der Waals surface area contributed by atoms with Gasteiger partial charge in [0, 0.05) is 25.3 Å². The summed E-state index contributed by atoms with van der Waals surface area (Å²) >= 11 is 0. The minimum absolute atomic E-state index is 0. The predicted octanol–water partition coefficient (Wildman–Crippen LogP) is 12.5. The Morgan fingerprint density at radius 1 is 0.459 bits per heavy atom. The van der Waals surface area contributed by atoms with Crippen LogP contribution in [0, 0.1) is 0 Å². The van der Waals surface area contributed by atoms with Gasteiger partial charge in [-0.05, 0) is 50.8 Å². The first-order chi connectivity index (χ1) is 28.9. The molecule has 0 aromatic rings. The number of hydrogen-bond acceptors (Lipinski definition) is 8. The van der Waals surface area contributed by atoms with Gasteiger partial charge in [-0.1, -0.05) is 219 Å². The standard InChI is InChI=1S/2C24H49NO4S.Ca/c2*1-2-3-4-5-6-7-8-9-10-11-12-13-14-15-16-17-18-21-24(26)25-22-19-20-23-30(27,28)29;/h2*2-23H2,1H3,(H,25,26)(H,27,28,29);/q;;+2/p-2. The number of nitrogens with one attached hydrogen (secondary N) is 1. The molecule has 0 atom stereocenters. The third-order valence-corrected chi connectivity index (χ3v) is 12.8. The Morgan fingerprint density at radius 3 is 1.10 bits per heavy atom. The smallest absolute Gasteiger partial charge is 0.862 e. The van der Waals surface area contributed by atoms with Crippen LogP contribution in [0.2, 0.25) is 0 Å². The summed E-state index contributed by atoms with van der Waals surface area (Å²) in [5.74, 6) is -0.651. The molecule has 0 heterocycles. The molecule has 0 saturated heterocycles. The first-order valence-corrected chi connectivity index (χ1v) is 28.5. The molecule has 0 fully saturated rings. The van der Waals surface area contributed by atoms with Crippen molar-refractivity contribution >= 4 is 69.8 Å². The van der Waals surface area contributed by atoms with E-state index in [9.17, 15) is 31.3 Å². The first kappa shape index (κ1) is 65.3. The molecule has 0 bridgehead atoms. The van der Waals surface area contributed by atoms with E-state index in [-0.39, 0.29) is 67.5 Å². The molecule has 0 aliphatic heterocycles. The Labute approximate surface area is 408 Å². The molecule has 1 amide bonds. The fourth-order valence-corrected chi connectivity index (χ4v) is 8.54. The Bertz CT molecular complexity index is 1160. The molecular weight excluding hydrogens is 837 g/mol. The molecule has 10 nitrogen and oxygen atoms in total. The van der Waals surface area contributed by atoms with Crippen LogP contribution in [-0.2, 0) is 25.0 Å². The first-order valence-electron chi connectivity index (χ1n) is 25.3. The molecular formula is C48H96CaN2O8S2. The molecule has 0 rings (SSSR count). The summed E-state index contributed by atoms with van der Waals surface area (Å²) in [4.78, 5) is 15.6. The molecule has 0 aliphatic rings. The van der Waals surface area contributed by atoms with Crippen molar-refractivity contribution in [2.45, 2.75) is 271 Å². The maximum Gasteiger partial charge on any atom is 2.00 e. The molecule has 0 aromatic carbocycles. The van der Waals surface area contributed by atoms with E-state index in [0.29, 0.717) is 45.2 Å². The van der Waals surface area contributed by atoms with Crippen LogP contribution in [0.15, 0.2) is 4.99 Å². The van der Waals surface area contributed by atoms with Crippen molar-refractivity contribution in [1.29, 1.82) is 0 Å². The SMILES string of the molecule is CCCCCCCCCCCCCCCCCCCC(=O)NCCCCS(=O)(=O)O.CCCCCCCCCCCCCCCCCCCC([O-])=NCCCCS(=O)(=O)[O-].[Ca+2]. The number of carbonyl (C=O) groups excluding carboxylic acids is 1. The van der Waals surface area contributed by atoms with Crippen molar-refractivity contribution in [2.75, 3.05) is 24.6 Å². The second-order valence-electron chi connectivity index (χ2n) is 17.4. The summed E-state index contributed by atoms with van der Waals surface area (Å²) < 4.78 is 61.2. The molecule has 2 N–H and O–H groups in total. The van der Waals surface area contributed by atoms with E-state index in [1.165, 1.54) is 193 Å². The number of unbranched alkanes of at least 4 members (excludes halogenated alkanes) is 34. The Kier molecular flexibility index (Phi) is 54.6. The van der Waals surface area contributed by atoms with Crippen LogP contribution in [0.3, 0.4) is 0 Å². The van der Waals surface area contributed by atoms with Gasteiger partial charge >= 0.3 is 37.7 Å². The van der Waals surface area contributed by atoms with Crippen LogP contribution in [0.5, 0.6) is 0 Å². The summed E-state index contributed by atoms with van der Waals surface area (Å²) in [7, 11) is -8.02. The van der Waals surface area contributed by atoms with E-state index in [4.69, 9.17) is 4.55 Å². The number of carbonyl (C=O) groups is 1. The van der Waals surface area contributed by atoms with Crippen molar-refractivity contribution in [1.82, 2.24) is 5.32 Å². The van der Waals surface area contributed by atoms with Crippen molar-refractivity contribution < 1.29 is 35.8 Å². The van der Waals surface area contributed by atoms with Crippen molar-refractivity contribution in [3.8, 4) is 0 Å². The van der Waals surface area contributed by atoms with Crippen molar-refractivity contribution in [3.05, 3.63) is 0 Å². The fraction of sp³-hybridized carbons (Fsp3) is 0.958. The summed E-state index contributed by atoms with van der Waals surface area (Å²) in [6, 6.07) is 0. The number of rotatable bonds is 46. The Morgan fingerprint density at radius 2 is 0.770 bits per heavy atom. The average molecular weight is 934 g/mol. The zero-order chi connectivity index (χ0) is 44.7.